The van der Waals surface area contributed by atoms with Crippen molar-refractivity contribution in [2.45, 2.75) is 57.6 Å². The van der Waals surface area contributed by atoms with Crippen LogP contribution in [0.5, 0.6) is 5.75 Å². The van der Waals surface area contributed by atoms with Gasteiger partial charge in [-0.1, -0.05) is 32.3 Å². The molecule has 2 atom stereocenters. The fraction of sp³-hybridized carbons (Fsp3) is 0.647. The lowest BCUT2D eigenvalue weighted by Gasteiger charge is -2.57. The molecule has 2 aliphatic carbocycles. The highest BCUT2D eigenvalue weighted by atomic mass is 127. The Balaban J connectivity index is 1.73. The molecule has 2 fully saturated rings. The average Bonchev–Trinajstić information content (AvgIpc) is 2.47. The quantitative estimate of drug-likeness (QED) is 0.778. The van der Waals surface area contributed by atoms with Gasteiger partial charge in [-0.25, -0.2) is 0 Å². The van der Waals surface area contributed by atoms with Crippen LogP contribution in [0.1, 0.15) is 45.4 Å². The van der Waals surface area contributed by atoms with E-state index in [0.717, 1.165) is 12.3 Å². The highest BCUT2D eigenvalue weighted by Gasteiger charge is 2.56. The fourth-order valence-corrected chi connectivity index (χ4v) is 4.55. The van der Waals surface area contributed by atoms with Crippen molar-refractivity contribution in [2.24, 2.45) is 5.41 Å². The zero-order valence-electron chi connectivity index (χ0n) is 12.2. The molecule has 0 amide bonds. The molecule has 2 aliphatic rings. The average molecular weight is 385 g/mol. The Kier molecular flexibility index (Phi) is 4.55. The summed E-state index contributed by atoms with van der Waals surface area (Å²) in [5, 5.41) is 3.69. The minimum atomic E-state index is 0.398. The molecule has 1 aromatic carbocycles. The van der Waals surface area contributed by atoms with Crippen molar-refractivity contribution in [1.29, 1.82) is 0 Å². The molecule has 3 heteroatoms. The van der Waals surface area contributed by atoms with Gasteiger partial charge in [0.15, 0.2) is 0 Å². The van der Waals surface area contributed by atoms with Gasteiger partial charge in [-0.2, -0.15) is 0 Å². The summed E-state index contributed by atoms with van der Waals surface area (Å²) in [4.78, 5) is 0. The molecule has 1 aromatic rings. The summed E-state index contributed by atoms with van der Waals surface area (Å²) in [5.41, 5.74) is 0.398. The third-order valence-electron chi connectivity index (χ3n) is 5.09. The van der Waals surface area contributed by atoms with Crippen LogP contribution in [-0.4, -0.2) is 18.7 Å². The second-order valence-electron chi connectivity index (χ2n) is 6.20. The summed E-state index contributed by atoms with van der Waals surface area (Å²) < 4.78 is 7.61. The normalized spacial score (nSPS) is 28.1. The van der Waals surface area contributed by atoms with Gasteiger partial charge in [0.1, 0.15) is 11.9 Å². The van der Waals surface area contributed by atoms with E-state index in [1.165, 1.54) is 42.1 Å². The lowest BCUT2D eigenvalue weighted by atomic mass is 9.55. The Bertz CT molecular complexity index is 456. The minimum absolute atomic E-state index is 0.398. The standard InChI is InChI=1S/C17H24INO/c1-2-19-15-12-16(17(15)9-4-3-5-10-17)20-14-8-6-7-13(18)11-14/h6-8,11,15-16,19H,2-5,9-10,12H2,1H3. The fourth-order valence-electron chi connectivity index (χ4n) is 4.03. The van der Waals surface area contributed by atoms with Crippen LogP contribution in [0.4, 0.5) is 0 Å². The maximum absolute atomic E-state index is 6.36. The van der Waals surface area contributed by atoms with Gasteiger partial charge < -0.3 is 10.1 Å². The third-order valence-corrected chi connectivity index (χ3v) is 5.77. The predicted octanol–water partition coefficient (Wildman–Crippen LogP) is 4.37. The number of nitrogens with one attached hydrogen (secondary N) is 1. The maximum Gasteiger partial charge on any atom is 0.120 e. The first kappa shape index (κ1) is 14.6. The summed E-state index contributed by atoms with van der Waals surface area (Å²) in [7, 11) is 0. The lowest BCUT2D eigenvalue weighted by Crippen LogP contribution is -2.65. The van der Waals surface area contributed by atoms with Gasteiger partial charge in [-0.05, 0) is 60.2 Å². The molecular weight excluding hydrogens is 361 g/mol. The van der Waals surface area contributed by atoms with Crippen LogP contribution in [0.15, 0.2) is 24.3 Å². The molecule has 1 spiro atoms. The van der Waals surface area contributed by atoms with Gasteiger partial charge in [-0.15, -0.1) is 0 Å². The van der Waals surface area contributed by atoms with Crippen molar-refractivity contribution < 1.29 is 4.74 Å². The second-order valence-corrected chi connectivity index (χ2v) is 7.45. The van der Waals surface area contributed by atoms with E-state index in [9.17, 15) is 0 Å². The largest absolute Gasteiger partial charge is 0.490 e. The Labute approximate surface area is 135 Å². The molecule has 3 rings (SSSR count). The Morgan fingerprint density at radius 1 is 1.30 bits per heavy atom. The molecular formula is C17H24INO. The smallest absolute Gasteiger partial charge is 0.120 e. The molecule has 20 heavy (non-hydrogen) atoms. The number of hydrogen-bond donors (Lipinski definition) is 1. The van der Waals surface area contributed by atoms with Crippen LogP contribution in [-0.2, 0) is 0 Å². The van der Waals surface area contributed by atoms with E-state index in [2.05, 4.69) is 59.1 Å². The highest BCUT2D eigenvalue weighted by molar-refractivity contribution is 14.1. The van der Waals surface area contributed by atoms with E-state index in [-0.39, 0.29) is 0 Å². The summed E-state index contributed by atoms with van der Waals surface area (Å²) >= 11 is 2.35. The molecule has 0 heterocycles. The first-order valence-corrected chi connectivity index (χ1v) is 8.98. The van der Waals surface area contributed by atoms with Gasteiger partial charge in [0.05, 0.1) is 0 Å². The van der Waals surface area contributed by atoms with Crippen LogP contribution in [0, 0.1) is 8.99 Å². The SMILES string of the molecule is CCNC1CC(Oc2cccc(I)c2)C12CCCCC2. The molecule has 2 nitrogen and oxygen atoms in total. The van der Waals surface area contributed by atoms with E-state index >= 15 is 0 Å². The molecule has 0 saturated heterocycles. The summed E-state index contributed by atoms with van der Waals surface area (Å²) in [6, 6.07) is 9.12. The number of benzene rings is 1. The number of hydrogen-bond acceptors (Lipinski definition) is 2. The van der Waals surface area contributed by atoms with Crippen LogP contribution in [0.25, 0.3) is 0 Å². The van der Waals surface area contributed by atoms with Crippen molar-refractivity contribution in [3.05, 3.63) is 27.8 Å². The van der Waals surface area contributed by atoms with Gasteiger partial charge in [-0.3, -0.25) is 0 Å². The van der Waals surface area contributed by atoms with Gasteiger partial charge in [0.25, 0.3) is 0 Å². The van der Waals surface area contributed by atoms with Crippen molar-refractivity contribution in [3.63, 3.8) is 0 Å². The van der Waals surface area contributed by atoms with Crippen LogP contribution >= 0.6 is 22.6 Å². The molecule has 2 unspecified atom stereocenters. The lowest BCUT2D eigenvalue weighted by molar-refractivity contribution is -0.102. The molecule has 0 bridgehead atoms. The molecule has 2 saturated carbocycles. The van der Waals surface area contributed by atoms with E-state index in [1.807, 2.05) is 0 Å². The van der Waals surface area contributed by atoms with Crippen LogP contribution < -0.4 is 10.1 Å². The van der Waals surface area contributed by atoms with Gasteiger partial charge in [0.2, 0.25) is 0 Å². The Hall–Kier alpha value is -0.290. The topological polar surface area (TPSA) is 21.3 Å². The summed E-state index contributed by atoms with van der Waals surface area (Å²) in [5.74, 6) is 1.04. The highest BCUT2D eigenvalue weighted by Crippen LogP contribution is 2.53. The predicted molar refractivity (Wildman–Crippen MR) is 91.2 cm³/mol. The monoisotopic (exact) mass is 385 g/mol. The molecule has 0 radical (unpaired) electrons. The third kappa shape index (κ3) is 2.71. The van der Waals surface area contributed by atoms with Crippen molar-refractivity contribution >= 4 is 22.6 Å². The molecule has 110 valence electrons. The van der Waals surface area contributed by atoms with Crippen molar-refractivity contribution in [1.82, 2.24) is 5.32 Å². The molecule has 1 N–H and O–H groups in total. The van der Waals surface area contributed by atoms with E-state index in [1.54, 1.807) is 0 Å². The van der Waals surface area contributed by atoms with Gasteiger partial charge >= 0.3 is 0 Å². The van der Waals surface area contributed by atoms with Crippen molar-refractivity contribution in [3.8, 4) is 5.75 Å². The Morgan fingerprint density at radius 2 is 2.10 bits per heavy atom. The number of halogens is 1. The van der Waals surface area contributed by atoms with E-state index in [4.69, 9.17) is 4.74 Å². The number of ether oxygens (including phenoxy) is 1. The zero-order chi connectivity index (χ0) is 14.0. The first-order chi connectivity index (χ1) is 9.74. The van der Waals surface area contributed by atoms with Gasteiger partial charge in [0, 0.05) is 21.4 Å². The van der Waals surface area contributed by atoms with Crippen molar-refractivity contribution in [2.75, 3.05) is 6.54 Å². The van der Waals surface area contributed by atoms with E-state index in [0.29, 0.717) is 17.6 Å². The number of rotatable bonds is 4. The van der Waals surface area contributed by atoms with Crippen LogP contribution in [0.2, 0.25) is 0 Å². The minimum Gasteiger partial charge on any atom is -0.490 e. The van der Waals surface area contributed by atoms with E-state index < -0.39 is 0 Å². The summed E-state index contributed by atoms with van der Waals surface area (Å²) in [6.07, 6.45) is 8.38. The Morgan fingerprint density at radius 3 is 2.80 bits per heavy atom. The molecule has 0 aromatic heterocycles. The molecule has 0 aliphatic heterocycles. The zero-order valence-corrected chi connectivity index (χ0v) is 14.4. The van der Waals surface area contributed by atoms with Crippen LogP contribution in [0.3, 0.4) is 0 Å². The second kappa shape index (κ2) is 6.22. The first-order valence-electron chi connectivity index (χ1n) is 7.90. The maximum atomic E-state index is 6.36. The summed E-state index contributed by atoms with van der Waals surface area (Å²) in [6.45, 7) is 3.28.